The molecule has 1 aromatic heterocycles. The van der Waals surface area contributed by atoms with Gasteiger partial charge in [-0.3, -0.25) is 4.79 Å². The Morgan fingerprint density at radius 1 is 1.31 bits per heavy atom. The smallest absolute Gasteiger partial charge is 0.274 e. The average molecular weight is 354 g/mol. The average Bonchev–Trinajstić information content (AvgIpc) is 2.63. The molecule has 0 bridgehead atoms. The molecular formula is C20H26N4O2. The molecule has 1 aromatic carbocycles. The zero-order valence-electron chi connectivity index (χ0n) is 15.7. The number of aromatic nitrogens is 2. The van der Waals surface area contributed by atoms with Crippen molar-refractivity contribution in [3.63, 3.8) is 0 Å². The number of benzene rings is 1. The lowest BCUT2D eigenvalue weighted by Crippen LogP contribution is -2.36. The van der Waals surface area contributed by atoms with Crippen LogP contribution in [-0.4, -0.2) is 35.6 Å². The maximum Gasteiger partial charge on any atom is 0.274 e. The van der Waals surface area contributed by atoms with Gasteiger partial charge in [0.25, 0.3) is 5.91 Å². The maximum absolute atomic E-state index is 12.6. The lowest BCUT2D eigenvalue weighted by molar-refractivity contribution is 0.102. The minimum Gasteiger partial charge on any atom is -0.494 e. The van der Waals surface area contributed by atoms with Gasteiger partial charge in [0, 0.05) is 24.5 Å². The van der Waals surface area contributed by atoms with Crippen LogP contribution in [0.3, 0.4) is 0 Å². The summed E-state index contributed by atoms with van der Waals surface area (Å²) in [5, 5.41) is 2.89. The number of anilines is 2. The molecule has 1 saturated heterocycles. The predicted octanol–water partition coefficient (Wildman–Crippen LogP) is 3.67. The highest BCUT2D eigenvalue weighted by Gasteiger charge is 2.20. The molecular weight excluding hydrogens is 328 g/mol. The molecule has 1 atom stereocenters. The number of hydrogen-bond acceptors (Lipinski definition) is 5. The number of carbonyl (C=O) groups excluding carboxylic acids is 1. The van der Waals surface area contributed by atoms with Gasteiger partial charge in [-0.2, -0.15) is 0 Å². The first kappa shape index (κ1) is 18.2. The minimum atomic E-state index is -0.231. The van der Waals surface area contributed by atoms with E-state index in [1.54, 1.807) is 6.07 Å². The Hall–Kier alpha value is -2.63. The number of amides is 1. The minimum absolute atomic E-state index is 0.231. The second-order valence-electron chi connectivity index (χ2n) is 6.80. The maximum atomic E-state index is 12.6. The highest BCUT2D eigenvalue weighted by atomic mass is 16.5. The van der Waals surface area contributed by atoms with E-state index in [0.29, 0.717) is 29.9 Å². The van der Waals surface area contributed by atoms with Gasteiger partial charge in [0.1, 0.15) is 11.4 Å². The van der Waals surface area contributed by atoms with Crippen molar-refractivity contribution >= 4 is 17.5 Å². The number of nitrogens with one attached hydrogen (secondary N) is 1. The van der Waals surface area contributed by atoms with Crippen molar-refractivity contribution in [1.29, 1.82) is 0 Å². The van der Waals surface area contributed by atoms with Crippen LogP contribution in [0.2, 0.25) is 0 Å². The first-order chi connectivity index (χ1) is 12.5. The number of aryl methyl sites for hydroxylation is 1. The number of piperidine rings is 1. The third kappa shape index (κ3) is 4.50. The molecule has 1 fully saturated rings. The van der Waals surface area contributed by atoms with Gasteiger partial charge in [-0.1, -0.05) is 6.92 Å². The van der Waals surface area contributed by atoms with Gasteiger partial charge in [0.2, 0.25) is 5.95 Å². The molecule has 6 heteroatoms. The molecule has 1 N–H and O–H groups in total. The molecule has 1 aliphatic rings. The molecule has 138 valence electrons. The Labute approximate surface area is 154 Å². The van der Waals surface area contributed by atoms with E-state index in [-0.39, 0.29) is 5.91 Å². The standard InChI is InChI=1S/C20H26N4O2/c1-4-26-17-9-7-16(8-10-17)22-19(25)18-12-15(3)21-20(23-18)24-11-5-6-14(2)13-24/h7-10,12,14H,4-6,11,13H2,1-3H3,(H,22,25). The quantitative estimate of drug-likeness (QED) is 0.887. The van der Waals surface area contributed by atoms with Gasteiger partial charge in [0.05, 0.1) is 6.61 Å². The fourth-order valence-corrected chi connectivity index (χ4v) is 3.18. The summed E-state index contributed by atoms with van der Waals surface area (Å²) in [4.78, 5) is 23.8. The highest BCUT2D eigenvalue weighted by Crippen LogP contribution is 2.21. The number of carbonyl (C=O) groups is 1. The van der Waals surface area contributed by atoms with Crippen molar-refractivity contribution in [3.8, 4) is 5.75 Å². The van der Waals surface area contributed by atoms with Crippen molar-refractivity contribution in [3.05, 3.63) is 41.7 Å². The predicted molar refractivity (Wildman–Crippen MR) is 103 cm³/mol. The number of nitrogens with zero attached hydrogens (tertiary/aromatic N) is 3. The van der Waals surface area contributed by atoms with Gasteiger partial charge in [0.15, 0.2) is 0 Å². The molecule has 26 heavy (non-hydrogen) atoms. The summed E-state index contributed by atoms with van der Waals surface area (Å²) in [6.07, 6.45) is 2.36. The molecule has 0 aliphatic carbocycles. The van der Waals surface area contributed by atoms with E-state index in [9.17, 15) is 4.79 Å². The van der Waals surface area contributed by atoms with Crippen LogP contribution in [0, 0.1) is 12.8 Å². The van der Waals surface area contributed by atoms with Crippen LogP contribution >= 0.6 is 0 Å². The Kier molecular flexibility index (Phi) is 5.71. The van der Waals surface area contributed by atoms with Crippen LogP contribution in [-0.2, 0) is 0 Å². The molecule has 2 heterocycles. The second kappa shape index (κ2) is 8.17. The summed E-state index contributed by atoms with van der Waals surface area (Å²) in [5.41, 5.74) is 1.90. The van der Waals surface area contributed by atoms with E-state index in [2.05, 4.69) is 27.1 Å². The summed E-state index contributed by atoms with van der Waals surface area (Å²) in [5.74, 6) is 1.82. The highest BCUT2D eigenvalue weighted by molar-refractivity contribution is 6.03. The number of ether oxygens (including phenoxy) is 1. The summed E-state index contributed by atoms with van der Waals surface area (Å²) >= 11 is 0. The van der Waals surface area contributed by atoms with Gasteiger partial charge < -0.3 is 15.0 Å². The second-order valence-corrected chi connectivity index (χ2v) is 6.80. The van der Waals surface area contributed by atoms with Crippen molar-refractivity contribution in [2.75, 3.05) is 29.9 Å². The Bertz CT molecular complexity index is 761. The monoisotopic (exact) mass is 354 g/mol. The van der Waals surface area contributed by atoms with Gasteiger partial charge in [-0.25, -0.2) is 9.97 Å². The topological polar surface area (TPSA) is 67.3 Å². The fraction of sp³-hybridized carbons (Fsp3) is 0.450. The van der Waals surface area contributed by atoms with Crippen LogP contribution in [0.1, 0.15) is 42.9 Å². The van der Waals surface area contributed by atoms with Crippen LogP contribution in [0.15, 0.2) is 30.3 Å². The van der Waals surface area contributed by atoms with E-state index >= 15 is 0 Å². The van der Waals surface area contributed by atoms with Crippen LogP contribution in [0.4, 0.5) is 11.6 Å². The molecule has 2 aromatic rings. The van der Waals surface area contributed by atoms with Crippen molar-refractivity contribution < 1.29 is 9.53 Å². The lowest BCUT2D eigenvalue weighted by Gasteiger charge is -2.31. The van der Waals surface area contributed by atoms with Crippen LogP contribution < -0.4 is 15.0 Å². The fourth-order valence-electron chi connectivity index (χ4n) is 3.18. The SMILES string of the molecule is CCOc1ccc(NC(=O)c2cc(C)nc(N3CCCC(C)C3)n2)cc1. The van der Waals surface area contributed by atoms with Crippen LogP contribution in [0.5, 0.6) is 5.75 Å². The van der Waals surface area contributed by atoms with Gasteiger partial charge in [-0.15, -0.1) is 0 Å². The van der Waals surface area contributed by atoms with Gasteiger partial charge in [-0.05, 0) is 62.9 Å². The molecule has 1 aliphatic heterocycles. The Morgan fingerprint density at radius 2 is 2.08 bits per heavy atom. The normalized spacial score (nSPS) is 17.0. The van der Waals surface area contributed by atoms with Crippen molar-refractivity contribution in [2.45, 2.75) is 33.6 Å². The lowest BCUT2D eigenvalue weighted by atomic mass is 10.0. The molecule has 1 amide bonds. The largest absolute Gasteiger partial charge is 0.494 e. The molecule has 0 saturated carbocycles. The number of hydrogen-bond donors (Lipinski definition) is 1. The molecule has 1 unspecified atom stereocenters. The summed E-state index contributed by atoms with van der Waals surface area (Å²) in [7, 11) is 0. The van der Waals surface area contributed by atoms with Crippen molar-refractivity contribution in [2.24, 2.45) is 5.92 Å². The summed E-state index contributed by atoms with van der Waals surface area (Å²) < 4.78 is 5.42. The molecule has 0 radical (unpaired) electrons. The summed E-state index contributed by atoms with van der Waals surface area (Å²) in [6, 6.07) is 9.05. The van der Waals surface area contributed by atoms with E-state index in [0.717, 1.165) is 31.0 Å². The van der Waals surface area contributed by atoms with E-state index in [1.165, 1.54) is 6.42 Å². The Balaban J connectivity index is 1.74. The molecule has 0 spiro atoms. The first-order valence-corrected chi connectivity index (χ1v) is 9.20. The third-order valence-electron chi connectivity index (χ3n) is 4.44. The van der Waals surface area contributed by atoms with Gasteiger partial charge >= 0.3 is 0 Å². The summed E-state index contributed by atoms with van der Waals surface area (Å²) in [6.45, 7) is 8.56. The van der Waals surface area contributed by atoms with E-state index in [1.807, 2.05) is 38.1 Å². The third-order valence-corrected chi connectivity index (χ3v) is 4.44. The van der Waals surface area contributed by atoms with Crippen LogP contribution in [0.25, 0.3) is 0 Å². The Morgan fingerprint density at radius 3 is 2.77 bits per heavy atom. The van der Waals surface area contributed by atoms with E-state index in [4.69, 9.17) is 4.74 Å². The molecule has 6 nitrogen and oxygen atoms in total. The zero-order valence-corrected chi connectivity index (χ0v) is 15.7. The van der Waals surface area contributed by atoms with Crippen molar-refractivity contribution in [1.82, 2.24) is 9.97 Å². The van der Waals surface area contributed by atoms with E-state index < -0.39 is 0 Å². The number of rotatable bonds is 5. The zero-order chi connectivity index (χ0) is 18.5. The first-order valence-electron chi connectivity index (χ1n) is 9.20. The molecule has 3 rings (SSSR count).